The number of hydrogen-bond acceptors (Lipinski definition) is 3. The first-order valence-corrected chi connectivity index (χ1v) is 9.38. The van der Waals surface area contributed by atoms with Crippen molar-refractivity contribution < 1.29 is 14.2 Å². The van der Waals surface area contributed by atoms with E-state index in [1.54, 1.807) is 12.1 Å². The second-order valence-electron chi connectivity index (χ2n) is 7.50. The molecular weight excluding hydrogens is 305 g/mol. The molecule has 0 spiro atoms. The Morgan fingerprint density at radius 1 is 1.17 bits per heavy atom. The van der Waals surface area contributed by atoms with Gasteiger partial charge in [0.2, 0.25) is 0 Å². The third-order valence-corrected chi connectivity index (χ3v) is 5.90. The van der Waals surface area contributed by atoms with Gasteiger partial charge in [0.05, 0.1) is 12.2 Å². The van der Waals surface area contributed by atoms with Crippen molar-refractivity contribution in [2.75, 3.05) is 7.11 Å². The maximum atomic E-state index is 13.3. The fourth-order valence-corrected chi connectivity index (χ4v) is 4.34. The quantitative estimate of drug-likeness (QED) is 0.827. The highest BCUT2D eigenvalue weighted by atomic mass is 19.1. The van der Waals surface area contributed by atoms with Gasteiger partial charge in [-0.3, -0.25) is 0 Å². The van der Waals surface area contributed by atoms with Crippen molar-refractivity contribution in [3.05, 3.63) is 35.6 Å². The van der Waals surface area contributed by atoms with Gasteiger partial charge in [-0.2, -0.15) is 0 Å². The molecule has 1 heterocycles. The van der Waals surface area contributed by atoms with E-state index in [0.717, 1.165) is 18.8 Å². The zero-order valence-corrected chi connectivity index (χ0v) is 14.6. The highest BCUT2D eigenvalue weighted by Gasteiger charge is 2.30. The Morgan fingerprint density at radius 2 is 1.96 bits per heavy atom. The standard InChI is InChI=1S/C20H30FNO2/c1-24-18-10-6-14(7-11-18)5-8-17-9-12-19(22-17)20(23)15-3-2-4-16(21)13-15/h2-4,13-14,17-20,22-23H,5-12H2,1H3/t14?,17-,18?,19-,20-/m1/s1. The van der Waals surface area contributed by atoms with Gasteiger partial charge in [-0.05, 0) is 75.0 Å². The molecule has 3 nitrogen and oxygen atoms in total. The van der Waals surface area contributed by atoms with Crippen LogP contribution in [0.15, 0.2) is 24.3 Å². The van der Waals surface area contributed by atoms with Crippen molar-refractivity contribution >= 4 is 0 Å². The number of halogens is 1. The second kappa shape index (κ2) is 8.41. The second-order valence-corrected chi connectivity index (χ2v) is 7.50. The van der Waals surface area contributed by atoms with Crippen molar-refractivity contribution in [2.24, 2.45) is 5.92 Å². The molecule has 0 bridgehead atoms. The maximum absolute atomic E-state index is 13.3. The molecule has 1 aromatic rings. The number of aliphatic hydroxyl groups excluding tert-OH is 1. The largest absolute Gasteiger partial charge is 0.387 e. The van der Waals surface area contributed by atoms with Crippen LogP contribution in [0.5, 0.6) is 0 Å². The topological polar surface area (TPSA) is 41.5 Å². The van der Waals surface area contributed by atoms with E-state index in [0.29, 0.717) is 17.7 Å². The van der Waals surface area contributed by atoms with Crippen molar-refractivity contribution in [3.63, 3.8) is 0 Å². The first-order valence-electron chi connectivity index (χ1n) is 9.38. The van der Waals surface area contributed by atoms with Gasteiger partial charge in [-0.1, -0.05) is 12.1 Å². The fraction of sp³-hybridized carbons (Fsp3) is 0.700. The van der Waals surface area contributed by atoms with E-state index in [9.17, 15) is 9.50 Å². The maximum Gasteiger partial charge on any atom is 0.123 e. The minimum atomic E-state index is -0.622. The van der Waals surface area contributed by atoms with Gasteiger partial charge in [0.15, 0.2) is 0 Å². The Balaban J connectivity index is 1.42. The molecule has 0 radical (unpaired) electrons. The van der Waals surface area contributed by atoms with E-state index in [1.807, 2.05) is 7.11 Å². The molecule has 1 saturated carbocycles. The first-order chi connectivity index (χ1) is 11.7. The van der Waals surface area contributed by atoms with Gasteiger partial charge in [-0.25, -0.2) is 4.39 Å². The minimum absolute atomic E-state index is 0.0426. The van der Waals surface area contributed by atoms with E-state index in [4.69, 9.17) is 4.74 Å². The summed E-state index contributed by atoms with van der Waals surface area (Å²) in [4.78, 5) is 0. The van der Waals surface area contributed by atoms with Crippen LogP contribution in [-0.4, -0.2) is 30.4 Å². The predicted octanol–water partition coefficient (Wildman–Crippen LogP) is 3.97. The summed E-state index contributed by atoms with van der Waals surface area (Å²) in [5.74, 6) is 0.540. The average molecular weight is 335 g/mol. The summed E-state index contributed by atoms with van der Waals surface area (Å²) in [6, 6.07) is 6.85. The molecule has 2 N–H and O–H groups in total. The molecule has 134 valence electrons. The van der Waals surface area contributed by atoms with E-state index in [2.05, 4.69) is 5.32 Å². The Morgan fingerprint density at radius 3 is 2.67 bits per heavy atom. The van der Waals surface area contributed by atoms with Crippen molar-refractivity contribution in [3.8, 4) is 0 Å². The summed E-state index contributed by atoms with van der Waals surface area (Å²) in [6.07, 6.45) is 9.29. The Kier molecular flexibility index (Phi) is 6.25. The molecule has 2 aliphatic rings. The van der Waals surface area contributed by atoms with Crippen LogP contribution in [0.3, 0.4) is 0 Å². The summed E-state index contributed by atoms with van der Waals surface area (Å²) >= 11 is 0. The van der Waals surface area contributed by atoms with Gasteiger partial charge in [-0.15, -0.1) is 0 Å². The molecule has 0 aromatic heterocycles. The summed E-state index contributed by atoms with van der Waals surface area (Å²) < 4.78 is 18.8. The van der Waals surface area contributed by atoms with Crippen LogP contribution in [0.25, 0.3) is 0 Å². The normalized spacial score (nSPS) is 32.0. The van der Waals surface area contributed by atoms with Crippen LogP contribution >= 0.6 is 0 Å². The average Bonchev–Trinajstić information content (AvgIpc) is 3.09. The predicted molar refractivity (Wildman–Crippen MR) is 93.3 cm³/mol. The molecule has 2 fully saturated rings. The van der Waals surface area contributed by atoms with Crippen LogP contribution in [0, 0.1) is 11.7 Å². The van der Waals surface area contributed by atoms with E-state index in [-0.39, 0.29) is 11.9 Å². The lowest BCUT2D eigenvalue weighted by Gasteiger charge is -2.28. The van der Waals surface area contributed by atoms with Crippen molar-refractivity contribution in [1.29, 1.82) is 0 Å². The Labute approximate surface area is 144 Å². The SMILES string of the molecule is COC1CCC(CC[C@@H]2CC[C@H]([C@H](O)c3cccc(F)c3)N2)CC1. The van der Waals surface area contributed by atoms with E-state index < -0.39 is 6.10 Å². The first kappa shape index (κ1) is 17.8. The van der Waals surface area contributed by atoms with Crippen LogP contribution in [0.2, 0.25) is 0 Å². The molecule has 24 heavy (non-hydrogen) atoms. The zero-order chi connectivity index (χ0) is 16.9. The van der Waals surface area contributed by atoms with Gasteiger partial charge in [0.1, 0.15) is 5.82 Å². The number of aliphatic hydroxyl groups is 1. The number of benzene rings is 1. The summed E-state index contributed by atoms with van der Waals surface area (Å²) in [5, 5.41) is 14.1. The molecule has 1 saturated heterocycles. The third kappa shape index (κ3) is 4.56. The Hall–Kier alpha value is -0.970. The highest BCUT2D eigenvalue weighted by molar-refractivity contribution is 5.20. The molecule has 4 heteroatoms. The molecule has 1 aromatic carbocycles. The van der Waals surface area contributed by atoms with Gasteiger partial charge >= 0.3 is 0 Å². The van der Waals surface area contributed by atoms with Crippen LogP contribution in [-0.2, 0) is 4.74 Å². The van der Waals surface area contributed by atoms with Gasteiger partial charge in [0, 0.05) is 19.2 Å². The van der Waals surface area contributed by atoms with Crippen LogP contribution < -0.4 is 5.32 Å². The fourth-order valence-electron chi connectivity index (χ4n) is 4.34. The third-order valence-electron chi connectivity index (χ3n) is 5.90. The van der Waals surface area contributed by atoms with E-state index >= 15 is 0 Å². The highest BCUT2D eigenvalue weighted by Crippen LogP contribution is 2.32. The van der Waals surface area contributed by atoms with E-state index in [1.165, 1.54) is 50.7 Å². The number of methoxy groups -OCH3 is 1. The lowest BCUT2D eigenvalue weighted by atomic mass is 9.83. The van der Waals surface area contributed by atoms with Gasteiger partial charge < -0.3 is 15.2 Å². The lowest BCUT2D eigenvalue weighted by Crippen LogP contribution is -2.34. The monoisotopic (exact) mass is 335 g/mol. The van der Waals surface area contributed by atoms with Crippen LogP contribution in [0.1, 0.15) is 63.0 Å². The summed E-state index contributed by atoms with van der Waals surface area (Å²) in [5.41, 5.74) is 0.672. The smallest absolute Gasteiger partial charge is 0.123 e. The number of hydrogen-bond donors (Lipinski definition) is 2. The molecule has 0 amide bonds. The van der Waals surface area contributed by atoms with Crippen molar-refractivity contribution in [1.82, 2.24) is 5.32 Å². The lowest BCUT2D eigenvalue weighted by molar-refractivity contribution is 0.0548. The minimum Gasteiger partial charge on any atom is -0.387 e. The molecule has 3 rings (SSSR count). The zero-order valence-electron chi connectivity index (χ0n) is 14.6. The van der Waals surface area contributed by atoms with Gasteiger partial charge in [0.25, 0.3) is 0 Å². The van der Waals surface area contributed by atoms with Crippen molar-refractivity contribution in [2.45, 2.75) is 75.7 Å². The number of rotatable bonds is 6. The number of ether oxygens (including phenoxy) is 1. The number of nitrogens with one attached hydrogen (secondary N) is 1. The molecule has 0 unspecified atom stereocenters. The summed E-state index contributed by atoms with van der Waals surface area (Å²) in [6.45, 7) is 0. The molecule has 1 aliphatic carbocycles. The summed E-state index contributed by atoms with van der Waals surface area (Å²) in [7, 11) is 1.82. The molecular formula is C20H30FNO2. The molecule has 1 aliphatic heterocycles. The Bertz CT molecular complexity index is 516. The molecule has 3 atom stereocenters. The van der Waals surface area contributed by atoms with Crippen LogP contribution in [0.4, 0.5) is 4.39 Å².